The van der Waals surface area contributed by atoms with E-state index in [-0.39, 0.29) is 5.91 Å². The number of hydrogen-bond acceptors (Lipinski definition) is 5. The molecular weight excluding hydrogens is 383 g/mol. The summed E-state index contributed by atoms with van der Waals surface area (Å²) in [6.45, 7) is 2.37. The van der Waals surface area contributed by atoms with Crippen molar-refractivity contribution in [3.05, 3.63) is 78.1 Å². The molecule has 5 rings (SSSR count). The third-order valence-electron chi connectivity index (χ3n) is 5.24. The minimum absolute atomic E-state index is 0.150. The number of rotatable bonds is 3. The lowest BCUT2D eigenvalue weighted by atomic mass is 10.1. The molecule has 30 heavy (non-hydrogen) atoms. The number of piperazine rings is 1. The van der Waals surface area contributed by atoms with Crippen molar-refractivity contribution in [1.29, 1.82) is 0 Å². The highest BCUT2D eigenvalue weighted by molar-refractivity contribution is 5.94. The summed E-state index contributed by atoms with van der Waals surface area (Å²) in [6.07, 6.45) is 0. The topological polar surface area (TPSA) is 66.6 Å². The van der Waals surface area contributed by atoms with Crippen molar-refractivity contribution in [2.45, 2.75) is 0 Å². The van der Waals surface area contributed by atoms with E-state index < -0.39 is 5.82 Å². The zero-order chi connectivity index (χ0) is 20.5. The molecule has 0 saturated carbocycles. The number of amides is 1. The Morgan fingerprint density at radius 1 is 0.867 bits per heavy atom. The molecule has 2 aromatic heterocycles. The van der Waals surface area contributed by atoms with Crippen molar-refractivity contribution >= 4 is 17.4 Å². The predicted octanol–water partition coefficient (Wildman–Crippen LogP) is 2.89. The Balaban J connectivity index is 1.34. The molecule has 0 radical (unpaired) electrons. The molecule has 1 aliphatic heterocycles. The molecule has 8 heteroatoms. The van der Waals surface area contributed by atoms with Gasteiger partial charge < -0.3 is 9.80 Å². The monoisotopic (exact) mass is 402 g/mol. The number of fused-ring (bicyclic) bond motifs is 1. The molecule has 3 heterocycles. The summed E-state index contributed by atoms with van der Waals surface area (Å²) in [6, 6.07) is 19.4. The Morgan fingerprint density at radius 2 is 1.67 bits per heavy atom. The number of carbonyl (C=O) groups is 1. The lowest BCUT2D eigenvalue weighted by Gasteiger charge is -2.35. The fraction of sp³-hybridized carbons (Fsp3) is 0.182. The Morgan fingerprint density at radius 3 is 2.43 bits per heavy atom. The summed E-state index contributed by atoms with van der Waals surface area (Å²) < 4.78 is 15.2. The summed E-state index contributed by atoms with van der Waals surface area (Å²) in [7, 11) is 0. The first-order chi connectivity index (χ1) is 14.7. The van der Waals surface area contributed by atoms with Crippen LogP contribution in [0, 0.1) is 5.82 Å². The normalized spacial score (nSPS) is 14.3. The third-order valence-corrected chi connectivity index (χ3v) is 5.24. The molecule has 1 amide bonds. The van der Waals surface area contributed by atoms with Crippen LogP contribution >= 0.6 is 0 Å². The maximum Gasteiger partial charge on any atom is 0.254 e. The summed E-state index contributed by atoms with van der Waals surface area (Å²) in [5.74, 6) is 0.938. The molecule has 0 N–H and O–H groups in total. The Hall–Kier alpha value is -3.81. The van der Waals surface area contributed by atoms with Crippen LogP contribution < -0.4 is 4.90 Å². The molecule has 1 fully saturated rings. The van der Waals surface area contributed by atoms with E-state index in [2.05, 4.69) is 15.1 Å². The van der Waals surface area contributed by atoms with Crippen LogP contribution in [0.25, 0.3) is 17.0 Å². The van der Waals surface area contributed by atoms with Gasteiger partial charge >= 0.3 is 0 Å². The van der Waals surface area contributed by atoms with E-state index in [0.717, 1.165) is 11.4 Å². The van der Waals surface area contributed by atoms with E-state index in [1.165, 1.54) is 12.1 Å². The van der Waals surface area contributed by atoms with Gasteiger partial charge in [0.15, 0.2) is 11.5 Å². The highest BCUT2D eigenvalue weighted by atomic mass is 19.1. The van der Waals surface area contributed by atoms with Crippen molar-refractivity contribution in [1.82, 2.24) is 24.7 Å². The van der Waals surface area contributed by atoms with Crippen LogP contribution in [0.15, 0.2) is 66.7 Å². The van der Waals surface area contributed by atoms with Crippen LogP contribution in [0.5, 0.6) is 0 Å². The molecule has 2 aromatic carbocycles. The first kappa shape index (κ1) is 18.2. The minimum atomic E-state index is -0.403. The molecule has 150 valence electrons. The van der Waals surface area contributed by atoms with Gasteiger partial charge in [-0.2, -0.15) is 4.52 Å². The molecule has 1 saturated heterocycles. The van der Waals surface area contributed by atoms with Crippen molar-refractivity contribution in [2.24, 2.45) is 0 Å². The number of nitrogens with zero attached hydrogens (tertiary/aromatic N) is 6. The van der Waals surface area contributed by atoms with Gasteiger partial charge in [-0.1, -0.05) is 36.4 Å². The van der Waals surface area contributed by atoms with Gasteiger partial charge in [-0.15, -0.1) is 15.3 Å². The summed E-state index contributed by atoms with van der Waals surface area (Å²) in [4.78, 5) is 16.5. The maximum absolute atomic E-state index is 13.4. The summed E-state index contributed by atoms with van der Waals surface area (Å²) >= 11 is 0. The van der Waals surface area contributed by atoms with Crippen LogP contribution in [0.3, 0.4) is 0 Å². The van der Waals surface area contributed by atoms with Gasteiger partial charge in [0.2, 0.25) is 0 Å². The largest absolute Gasteiger partial charge is 0.352 e. The highest BCUT2D eigenvalue weighted by Crippen LogP contribution is 2.20. The van der Waals surface area contributed by atoms with Crippen LogP contribution in [-0.2, 0) is 0 Å². The lowest BCUT2D eigenvalue weighted by Crippen LogP contribution is -2.49. The smallest absolute Gasteiger partial charge is 0.254 e. The molecule has 0 unspecified atom stereocenters. The second kappa shape index (κ2) is 7.55. The molecule has 0 bridgehead atoms. The quantitative estimate of drug-likeness (QED) is 0.527. The van der Waals surface area contributed by atoms with Crippen LogP contribution in [0.2, 0.25) is 0 Å². The molecule has 1 aliphatic rings. The summed E-state index contributed by atoms with van der Waals surface area (Å²) in [5, 5.41) is 13.2. The predicted molar refractivity (Wildman–Crippen MR) is 111 cm³/mol. The number of halogens is 1. The van der Waals surface area contributed by atoms with Gasteiger partial charge in [0, 0.05) is 37.3 Å². The lowest BCUT2D eigenvalue weighted by molar-refractivity contribution is 0.0746. The second-order valence-electron chi connectivity index (χ2n) is 7.14. The Bertz CT molecular complexity index is 1200. The minimum Gasteiger partial charge on any atom is -0.352 e. The van der Waals surface area contributed by atoms with E-state index in [1.807, 2.05) is 42.5 Å². The number of aromatic nitrogens is 4. The van der Waals surface area contributed by atoms with Crippen LogP contribution in [-0.4, -0.2) is 56.8 Å². The molecule has 4 aromatic rings. The van der Waals surface area contributed by atoms with E-state index in [1.54, 1.807) is 21.5 Å². The SMILES string of the molecule is O=C(c1cccc(F)c1)N1CCN(c2ccc3nnc(-c4ccccc4)n3n2)CC1. The fourth-order valence-electron chi connectivity index (χ4n) is 3.66. The standard InChI is InChI=1S/C22H19FN6O/c23-18-8-4-7-17(15-18)22(30)28-13-11-27(12-14-28)20-10-9-19-24-25-21(29(19)26-20)16-5-2-1-3-6-16/h1-10,15H,11-14H2. The third kappa shape index (κ3) is 3.36. The van der Waals surface area contributed by atoms with Crippen LogP contribution in [0.1, 0.15) is 10.4 Å². The number of benzene rings is 2. The highest BCUT2D eigenvalue weighted by Gasteiger charge is 2.23. The van der Waals surface area contributed by atoms with Crippen LogP contribution in [0.4, 0.5) is 10.2 Å². The van der Waals surface area contributed by atoms with Gasteiger partial charge in [-0.3, -0.25) is 4.79 Å². The van der Waals surface area contributed by atoms with Gasteiger partial charge in [0.1, 0.15) is 11.6 Å². The van der Waals surface area contributed by atoms with Crippen molar-refractivity contribution in [3.8, 4) is 11.4 Å². The number of carbonyl (C=O) groups excluding carboxylic acids is 1. The van der Waals surface area contributed by atoms with Gasteiger partial charge in [0.05, 0.1) is 0 Å². The number of hydrogen-bond donors (Lipinski definition) is 0. The fourth-order valence-corrected chi connectivity index (χ4v) is 3.66. The molecule has 0 aliphatic carbocycles. The van der Waals surface area contributed by atoms with E-state index in [0.29, 0.717) is 43.2 Å². The average molecular weight is 402 g/mol. The molecular formula is C22H19FN6O. The molecule has 7 nitrogen and oxygen atoms in total. The van der Waals surface area contributed by atoms with E-state index in [4.69, 9.17) is 5.10 Å². The molecule has 0 spiro atoms. The van der Waals surface area contributed by atoms with Crippen molar-refractivity contribution in [3.63, 3.8) is 0 Å². The van der Waals surface area contributed by atoms with Crippen molar-refractivity contribution in [2.75, 3.05) is 31.1 Å². The zero-order valence-electron chi connectivity index (χ0n) is 16.1. The van der Waals surface area contributed by atoms with Gasteiger partial charge in [-0.05, 0) is 30.3 Å². The average Bonchev–Trinajstić information content (AvgIpc) is 3.22. The van der Waals surface area contributed by atoms with Gasteiger partial charge in [-0.25, -0.2) is 4.39 Å². The zero-order valence-corrected chi connectivity index (χ0v) is 16.1. The van der Waals surface area contributed by atoms with E-state index >= 15 is 0 Å². The molecule has 0 atom stereocenters. The number of anilines is 1. The maximum atomic E-state index is 13.4. The van der Waals surface area contributed by atoms with Gasteiger partial charge in [0.25, 0.3) is 5.91 Å². The second-order valence-corrected chi connectivity index (χ2v) is 7.14. The first-order valence-corrected chi connectivity index (χ1v) is 9.77. The Labute approximate surface area is 172 Å². The van der Waals surface area contributed by atoms with Crippen molar-refractivity contribution < 1.29 is 9.18 Å². The first-order valence-electron chi connectivity index (χ1n) is 9.77. The Kier molecular flexibility index (Phi) is 4.59. The summed E-state index contributed by atoms with van der Waals surface area (Å²) in [5.41, 5.74) is 2.00. The van der Waals surface area contributed by atoms with E-state index in [9.17, 15) is 9.18 Å².